The predicted molar refractivity (Wildman–Crippen MR) is 105 cm³/mol. The molecular weight excluding hydrogens is 376 g/mol. The first kappa shape index (κ1) is 18.4. The van der Waals surface area contributed by atoms with Crippen LogP contribution in [-0.4, -0.2) is 41.8 Å². The van der Waals surface area contributed by atoms with E-state index in [0.717, 1.165) is 16.8 Å². The van der Waals surface area contributed by atoms with Crippen LogP contribution in [0.25, 0.3) is 11.3 Å². The normalized spacial score (nSPS) is 19.0. The van der Waals surface area contributed by atoms with E-state index in [-0.39, 0.29) is 28.4 Å². The molecule has 2 heterocycles. The van der Waals surface area contributed by atoms with Crippen molar-refractivity contribution >= 4 is 44.0 Å². The third kappa shape index (κ3) is 4.83. The van der Waals surface area contributed by atoms with Gasteiger partial charge in [0, 0.05) is 16.2 Å². The second-order valence-electron chi connectivity index (χ2n) is 6.24. The zero-order valence-corrected chi connectivity index (χ0v) is 16.6. The number of nitrogens with one attached hydrogen (secondary N) is 1. The lowest BCUT2D eigenvalue weighted by molar-refractivity contribution is -0.113. The molecule has 0 bridgehead atoms. The fourth-order valence-corrected chi connectivity index (χ4v) is 6.88. The molecule has 8 heteroatoms. The number of aryl methyl sites for hydroxylation is 2. The van der Waals surface area contributed by atoms with E-state index in [1.165, 1.54) is 28.7 Å². The third-order valence-corrected chi connectivity index (χ3v) is 8.10. The first-order chi connectivity index (χ1) is 11.8. The molecule has 1 aliphatic rings. The molecule has 0 radical (unpaired) electrons. The fraction of sp³-hybridized carbons (Fsp3) is 0.412. The molecule has 1 saturated heterocycles. The van der Waals surface area contributed by atoms with Crippen molar-refractivity contribution in [1.82, 2.24) is 4.98 Å². The molecule has 1 aromatic carbocycles. The monoisotopic (exact) mass is 396 g/mol. The van der Waals surface area contributed by atoms with Gasteiger partial charge in [-0.1, -0.05) is 17.7 Å². The van der Waals surface area contributed by atoms with Gasteiger partial charge in [0.15, 0.2) is 15.0 Å². The number of thiazole rings is 1. The Bertz CT molecular complexity index is 890. The van der Waals surface area contributed by atoms with Gasteiger partial charge in [0.05, 0.1) is 23.0 Å². The van der Waals surface area contributed by atoms with Crippen LogP contribution in [0.4, 0.5) is 5.13 Å². The Hall–Kier alpha value is -1.38. The highest BCUT2D eigenvalue weighted by molar-refractivity contribution is 8.02. The zero-order chi connectivity index (χ0) is 18.0. The number of benzene rings is 1. The third-order valence-electron chi connectivity index (χ3n) is 4.06. The van der Waals surface area contributed by atoms with Crippen LogP contribution in [0.3, 0.4) is 0 Å². The largest absolute Gasteiger partial charge is 0.301 e. The van der Waals surface area contributed by atoms with Gasteiger partial charge in [0.2, 0.25) is 5.91 Å². The van der Waals surface area contributed by atoms with Crippen LogP contribution < -0.4 is 5.32 Å². The van der Waals surface area contributed by atoms with Gasteiger partial charge < -0.3 is 5.32 Å². The van der Waals surface area contributed by atoms with Gasteiger partial charge in [-0.3, -0.25) is 4.79 Å². The summed E-state index contributed by atoms with van der Waals surface area (Å²) in [6.07, 6.45) is 0.633. The number of anilines is 1. The number of sulfone groups is 1. The molecule has 2 aromatic rings. The van der Waals surface area contributed by atoms with Crippen LogP contribution in [-0.2, 0) is 14.6 Å². The van der Waals surface area contributed by atoms with Crippen LogP contribution in [0.1, 0.15) is 17.5 Å². The average Bonchev–Trinajstić information content (AvgIpc) is 3.14. The Morgan fingerprint density at radius 3 is 2.92 bits per heavy atom. The molecular formula is C17H20N2O3S3. The highest BCUT2D eigenvalue weighted by Crippen LogP contribution is 2.29. The standard InChI is InChI=1S/C17H20N2O3S3/c1-11-3-4-12(2)14(7-11)15-8-24-17(18-15)19-16(20)9-23-13-5-6-25(21,22)10-13/h3-4,7-8,13H,5-6,9-10H2,1-2H3,(H,18,19,20)/t13-/m1/s1. The highest BCUT2D eigenvalue weighted by Gasteiger charge is 2.28. The van der Waals surface area contributed by atoms with E-state index in [1.807, 2.05) is 19.2 Å². The fourth-order valence-electron chi connectivity index (χ4n) is 2.71. The van der Waals surface area contributed by atoms with Crippen LogP contribution in [0.2, 0.25) is 0 Å². The second kappa shape index (κ2) is 7.47. The zero-order valence-electron chi connectivity index (χ0n) is 14.1. The Morgan fingerprint density at radius 2 is 2.20 bits per heavy atom. The topological polar surface area (TPSA) is 76.1 Å². The van der Waals surface area contributed by atoms with Crippen molar-refractivity contribution in [3.8, 4) is 11.3 Å². The number of aromatic nitrogens is 1. The van der Waals surface area contributed by atoms with Crippen LogP contribution >= 0.6 is 23.1 Å². The van der Waals surface area contributed by atoms with Crippen molar-refractivity contribution in [3.05, 3.63) is 34.7 Å². The molecule has 1 aliphatic heterocycles. The number of carbonyl (C=O) groups is 1. The van der Waals surface area contributed by atoms with E-state index in [0.29, 0.717) is 11.6 Å². The van der Waals surface area contributed by atoms with E-state index in [1.54, 1.807) is 0 Å². The maximum Gasteiger partial charge on any atom is 0.236 e. The molecule has 5 nitrogen and oxygen atoms in total. The van der Waals surface area contributed by atoms with Gasteiger partial charge in [-0.25, -0.2) is 13.4 Å². The summed E-state index contributed by atoms with van der Waals surface area (Å²) in [6.45, 7) is 4.08. The summed E-state index contributed by atoms with van der Waals surface area (Å²) in [4.78, 5) is 16.6. The predicted octanol–water partition coefficient (Wildman–Crippen LogP) is 3.29. The lowest BCUT2D eigenvalue weighted by atomic mass is 10.0. The molecule has 134 valence electrons. The number of nitrogens with zero attached hydrogens (tertiary/aromatic N) is 1. The van der Waals surface area contributed by atoms with Crippen molar-refractivity contribution in [1.29, 1.82) is 0 Å². The van der Waals surface area contributed by atoms with Gasteiger partial charge >= 0.3 is 0 Å². The van der Waals surface area contributed by atoms with E-state index in [9.17, 15) is 13.2 Å². The minimum absolute atomic E-state index is 0.0255. The molecule has 0 aliphatic carbocycles. The lowest BCUT2D eigenvalue weighted by Crippen LogP contribution is -2.17. The summed E-state index contributed by atoms with van der Waals surface area (Å²) >= 11 is 2.80. The van der Waals surface area contributed by atoms with Crippen LogP contribution in [0, 0.1) is 13.8 Å². The Kier molecular flexibility index (Phi) is 5.50. The molecule has 1 aromatic heterocycles. The Balaban J connectivity index is 1.58. The van der Waals surface area contributed by atoms with Crippen molar-refractivity contribution in [2.75, 3.05) is 22.6 Å². The number of rotatable bonds is 5. The van der Waals surface area contributed by atoms with E-state index < -0.39 is 9.84 Å². The summed E-state index contributed by atoms with van der Waals surface area (Å²) in [5, 5.41) is 5.34. The smallest absolute Gasteiger partial charge is 0.236 e. The highest BCUT2D eigenvalue weighted by atomic mass is 32.2. The van der Waals surface area contributed by atoms with Crippen LogP contribution in [0.15, 0.2) is 23.6 Å². The SMILES string of the molecule is Cc1ccc(C)c(-c2csc(NC(=O)CS[C@@H]3CCS(=O)(=O)C3)n2)c1. The van der Waals surface area contributed by atoms with Gasteiger partial charge in [-0.2, -0.15) is 0 Å². The summed E-state index contributed by atoms with van der Waals surface area (Å²) in [7, 11) is -2.90. The van der Waals surface area contributed by atoms with Crippen molar-refractivity contribution in [2.45, 2.75) is 25.5 Å². The van der Waals surface area contributed by atoms with Crippen LogP contribution in [0.5, 0.6) is 0 Å². The van der Waals surface area contributed by atoms with Crippen molar-refractivity contribution in [3.63, 3.8) is 0 Å². The lowest BCUT2D eigenvalue weighted by Gasteiger charge is -2.07. The molecule has 0 spiro atoms. The summed E-state index contributed by atoms with van der Waals surface area (Å²) in [6, 6.07) is 6.22. The summed E-state index contributed by atoms with van der Waals surface area (Å²) in [5.41, 5.74) is 4.24. The molecule has 0 saturated carbocycles. The van der Waals surface area contributed by atoms with Gasteiger partial charge in [-0.15, -0.1) is 23.1 Å². The van der Waals surface area contributed by atoms with Gasteiger partial charge in [0.25, 0.3) is 0 Å². The maximum absolute atomic E-state index is 12.1. The first-order valence-electron chi connectivity index (χ1n) is 7.97. The van der Waals surface area contributed by atoms with E-state index in [2.05, 4.69) is 28.5 Å². The van der Waals surface area contributed by atoms with Gasteiger partial charge in [-0.05, 0) is 31.9 Å². The number of thioether (sulfide) groups is 1. The first-order valence-corrected chi connectivity index (χ1v) is 11.7. The summed E-state index contributed by atoms with van der Waals surface area (Å²) in [5.74, 6) is 0.520. The molecule has 1 fully saturated rings. The molecule has 1 amide bonds. The second-order valence-corrected chi connectivity index (χ2v) is 10.6. The van der Waals surface area contributed by atoms with Crippen molar-refractivity contribution in [2.24, 2.45) is 0 Å². The number of hydrogen-bond acceptors (Lipinski definition) is 6. The number of amides is 1. The molecule has 25 heavy (non-hydrogen) atoms. The Labute approximate surface area is 156 Å². The molecule has 3 rings (SSSR count). The quantitative estimate of drug-likeness (QED) is 0.839. The minimum Gasteiger partial charge on any atom is -0.301 e. The van der Waals surface area contributed by atoms with Crippen molar-refractivity contribution < 1.29 is 13.2 Å². The summed E-state index contributed by atoms with van der Waals surface area (Å²) < 4.78 is 22.9. The van der Waals surface area contributed by atoms with E-state index in [4.69, 9.17) is 0 Å². The Morgan fingerprint density at radius 1 is 1.40 bits per heavy atom. The molecule has 1 N–H and O–H groups in total. The molecule has 1 atom stereocenters. The molecule has 0 unspecified atom stereocenters. The van der Waals surface area contributed by atoms with E-state index >= 15 is 0 Å². The maximum atomic E-state index is 12.1. The minimum atomic E-state index is -2.90. The average molecular weight is 397 g/mol. The number of carbonyl (C=O) groups excluding carboxylic acids is 1. The number of hydrogen-bond donors (Lipinski definition) is 1. The van der Waals surface area contributed by atoms with Gasteiger partial charge in [0.1, 0.15) is 0 Å².